The van der Waals surface area contributed by atoms with Crippen LogP contribution in [0.15, 0.2) is 59.6 Å². The first kappa shape index (κ1) is 23.8. The van der Waals surface area contributed by atoms with E-state index in [1.807, 2.05) is 12.1 Å². The van der Waals surface area contributed by atoms with E-state index in [2.05, 4.69) is 58.4 Å². The summed E-state index contributed by atoms with van der Waals surface area (Å²) in [6.45, 7) is 2.50. The average Bonchev–Trinajstić information content (AvgIpc) is 3.71. The fourth-order valence-electron chi connectivity index (χ4n) is 5.41. The van der Waals surface area contributed by atoms with Crippen LogP contribution in [-0.2, 0) is 9.47 Å². The fourth-order valence-corrected chi connectivity index (χ4v) is 5.67. The first-order chi connectivity index (χ1) is 18.5. The zero-order chi connectivity index (χ0) is 25.8. The lowest BCUT2D eigenvalue weighted by Gasteiger charge is -2.15. The van der Waals surface area contributed by atoms with Gasteiger partial charge in [-0.1, -0.05) is 48.0 Å². The Balaban J connectivity index is 1.10. The Morgan fingerprint density at radius 2 is 1.63 bits per heavy atom. The lowest BCUT2D eigenvalue weighted by atomic mass is 10.0. The number of aliphatic hydroxyl groups is 1. The number of H-pyrrole nitrogens is 1. The van der Waals surface area contributed by atoms with E-state index in [9.17, 15) is 5.11 Å². The Kier molecular flexibility index (Phi) is 5.90. The molecule has 0 spiro atoms. The highest BCUT2D eigenvalue weighted by Gasteiger charge is 2.48. The number of imidazole rings is 1. The van der Waals surface area contributed by atoms with Crippen molar-refractivity contribution in [3.8, 4) is 28.4 Å². The number of amidine groups is 1. The number of likely N-dealkylation sites (N-methyl/N-ethyl adjacent to an activating group) is 1. The van der Waals surface area contributed by atoms with Crippen LogP contribution in [0.1, 0.15) is 5.56 Å². The maximum Gasteiger partial charge on any atom is 0.296 e. The van der Waals surface area contributed by atoms with E-state index in [1.165, 1.54) is 10.5 Å². The SMILES string of the molecule is C[NH+]1CCN=C1c1ccc(-c2ccc(-c3nc4nc(O[C@@H]5CO[C@H]6[C@@H]5OC[C@H]6O)[nH]c4cc3Cl)cc2)cc1. The third kappa shape index (κ3) is 4.16. The number of aliphatic imine (C=N–C) groups is 1. The van der Waals surface area contributed by atoms with Gasteiger partial charge in [0.1, 0.15) is 24.9 Å². The molecule has 5 heterocycles. The van der Waals surface area contributed by atoms with Gasteiger partial charge in [-0.15, -0.1) is 0 Å². The molecule has 3 aliphatic rings. The summed E-state index contributed by atoms with van der Waals surface area (Å²) in [4.78, 5) is 18.3. The molecule has 2 aromatic carbocycles. The van der Waals surface area contributed by atoms with E-state index in [1.54, 1.807) is 6.07 Å². The van der Waals surface area contributed by atoms with Crippen molar-refractivity contribution in [2.24, 2.45) is 4.99 Å². The van der Waals surface area contributed by atoms with Crippen LogP contribution in [0.3, 0.4) is 0 Å². The third-order valence-electron chi connectivity index (χ3n) is 7.46. The highest BCUT2D eigenvalue weighted by molar-refractivity contribution is 6.33. The molecule has 1 unspecified atom stereocenters. The summed E-state index contributed by atoms with van der Waals surface area (Å²) in [7, 11) is 2.15. The van der Waals surface area contributed by atoms with Gasteiger partial charge in [-0.2, -0.15) is 4.98 Å². The summed E-state index contributed by atoms with van der Waals surface area (Å²) in [5.74, 6) is 1.13. The van der Waals surface area contributed by atoms with Gasteiger partial charge < -0.3 is 24.3 Å². The molecule has 0 bridgehead atoms. The van der Waals surface area contributed by atoms with Gasteiger partial charge in [-0.25, -0.2) is 9.98 Å². The number of fused-ring (bicyclic) bond motifs is 2. The molecule has 10 heteroatoms. The summed E-state index contributed by atoms with van der Waals surface area (Å²) in [5.41, 5.74) is 6.14. The number of nitrogens with one attached hydrogen (secondary N) is 2. The van der Waals surface area contributed by atoms with Gasteiger partial charge in [0.2, 0.25) is 5.84 Å². The second kappa shape index (κ2) is 9.44. The van der Waals surface area contributed by atoms with Crippen molar-refractivity contribution in [1.82, 2.24) is 15.0 Å². The van der Waals surface area contributed by atoms with E-state index < -0.39 is 6.10 Å². The van der Waals surface area contributed by atoms with E-state index in [-0.39, 0.29) is 24.9 Å². The second-order valence-electron chi connectivity index (χ2n) is 9.97. The van der Waals surface area contributed by atoms with Crippen LogP contribution in [0.5, 0.6) is 6.01 Å². The molecule has 3 N–H and O–H groups in total. The zero-order valence-corrected chi connectivity index (χ0v) is 21.5. The molecule has 7 rings (SSSR count). The number of aliphatic hydroxyl groups excluding tert-OH is 1. The minimum Gasteiger partial charge on any atom is -0.456 e. The highest BCUT2D eigenvalue weighted by Crippen LogP contribution is 2.33. The van der Waals surface area contributed by atoms with Crippen molar-refractivity contribution in [2.75, 3.05) is 33.4 Å². The maximum atomic E-state index is 9.95. The van der Waals surface area contributed by atoms with Gasteiger partial charge in [0.15, 0.2) is 11.8 Å². The van der Waals surface area contributed by atoms with Crippen molar-refractivity contribution in [3.05, 3.63) is 65.2 Å². The van der Waals surface area contributed by atoms with Crippen molar-refractivity contribution in [3.63, 3.8) is 0 Å². The first-order valence-electron chi connectivity index (χ1n) is 12.8. The van der Waals surface area contributed by atoms with Crippen LogP contribution in [0, 0.1) is 0 Å². The molecule has 0 saturated carbocycles. The molecular formula is C28H27ClN5O4+. The predicted octanol–water partition coefficient (Wildman–Crippen LogP) is 2.13. The second-order valence-corrected chi connectivity index (χ2v) is 10.4. The van der Waals surface area contributed by atoms with Gasteiger partial charge in [0.25, 0.3) is 6.01 Å². The number of quaternary nitrogens is 1. The van der Waals surface area contributed by atoms with Crippen LogP contribution in [0.25, 0.3) is 33.5 Å². The Morgan fingerprint density at radius 1 is 0.947 bits per heavy atom. The molecule has 0 radical (unpaired) electrons. The van der Waals surface area contributed by atoms with Crippen molar-refractivity contribution >= 4 is 28.6 Å². The number of halogens is 1. The number of rotatable bonds is 5. The standard InChI is InChI=1S/C28H26ClN5O4/c1-34-11-10-30-27(34)18-8-4-16(5-9-18)15-2-6-17(7-3-15)23-19(29)12-20-26(32-23)33-28(31-20)38-22-14-37-24-21(35)13-36-25(22)24/h2-9,12,21-22,24-25,35H,10-11,13-14H2,1H3,(H,31,32,33)/p+1/t21-,22-,24-,25-/m1/s1. The van der Waals surface area contributed by atoms with Gasteiger partial charge in [0, 0.05) is 5.56 Å². The molecular weight excluding hydrogens is 506 g/mol. The summed E-state index contributed by atoms with van der Waals surface area (Å²) >= 11 is 6.62. The van der Waals surface area contributed by atoms with Crippen molar-refractivity contribution < 1.29 is 24.2 Å². The average molecular weight is 533 g/mol. The molecule has 0 aliphatic carbocycles. The van der Waals surface area contributed by atoms with E-state index in [4.69, 9.17) is 30.8 Å². The van der Waals surface area contributed by atoms with Crippen LogP contribution in [-0.4, -0.2) is 83.7 Å². The van der Waals surface area contributed by atoms with Crippen LogP contribution >= 0.6 is 11.6 Å². The summed E-state index contributed by atoms with van der Waals surface area (Å²) in [6.07, 6.45) is -1.68. The van der Waals surface area contributed by atoms with Crippen molar-refractivity contribution in [1.29, 1.82) is 0 Å². The fraction of sp³-hybridized carbons (Fsp3) is 0.321. The summed E-state index contributed by atoms with van der Waals surface area (Å²) < 4.78 is 17.3. The number of benzene rings is 2. The molecule has 2 saturated heterocycles. The van der Waals surface area contributed by atoms with Gasteiger partial charge >= 0.3 is 0 Å². The first-order valence-corrected chi connectivity index (χ1v) is 13.1. The highest BCUT2D eigenvalue weighted by atomic mass is 35.5. The van der Waals surface area contributed by atoms with Crippen LogP contribution in [0.4, 0.5) is 0 Å². The molecule has 2 aromatic heterocycles. The molecule has 2 fully saturated rings. The lowest BCUT2D eigenvalue weighted by Crippen LogP contribution is -3.10. The molecule has 5 atom stereocenters. The summed E-state index contributed by atoms with van der Waals surface area (Å²) in [5, 5.41) is 10.5. The monoisotopic (exact) mass is 532 g/mol. The molecule has 38 heavy (non-hydrogen) atoms. The Morgan fingerprint density at radius 3 is 2.34 bits per heavy atom. The smallest absolute Gasteiger partial charge is 0.296 e. The van der Waals surface area contributed by atoms with Crippen molar-refractivity contribution in [2.45, 2.75) is 24.4 Å². The Hall–Kier alpha value is -3.34. The predicted molar refractivity (Wildman–Crippen MR) is 143 cm³/mol. The van der Waals surface area contributed by atoms with Gasteiger partial charge in [-0.3, -0.25) is 4.90 Å². The van der Waals surface area contributed by atoms with E-state index in [0.29, 0.717) is 34.5 Å². The number of nitrogens with zero attached hydrogens (tertiary/aromatic N) is 3. The largest absolute Gasteiger partial charge is 0.456 e. The van der Waals surface area contributed by atoms with E-state index >= 15 is 0 Å². The lowest BCUT2D eigenvalue weighted by molar-refractivity contribution is -0.773. The summed E-state index contributed by atoms with van der Waals surface area (Å²) in [6, 6.07) is 18.8. The number of aromatic nitrogens is 3. The van der Waals surface area contributed by atoms with Crippen LogP contribution in [0.2, 0.25) is 5.02 Å². The Bertz CT molecular complexity index is 1520. The molecule has 3 aliphatic heterocycles. The number of hydrogen-bond acceptors (Lipinski definition) is 7. The maximum absolute atomic E-state index is 9.95. The van der Waals surface area contributed by atoms with Crippen LogP contribution < -0.4 is 9.64 Å². The quantitative estimate of drug-likeness (QED) is 0.363. The third-order valence-corrected chi connectivity index (χ3v) is 7.75. The minimum atomic E-state index is -0.632. The molecule has 0 amide bonds. The van der Waals surface area contributed by atoms with Gasteiger partial charge in [-0.05, 0) is 29.3 Å². The number of aromatic amines is 1. The van der Waals surface area contributed by atoms with Gasteiger partial charge in [0.05, 0.1) is 48.6 Å². The minimum absolute atomic E-state index is 0.244. The molecule has 4 aromatic rings. The molecule has 194 valence electrons. The topological polar surface area (TPSA) is 106 Å². The zero-order valence-electron chi connectivity index (χ0n) is 20.7. The number of ether oxygens (including phenoxy) is 3. The number of hydrogen-bond donors (Lipinski definition) is 3. The normalized spacial score (nSPS) is 26.6. The van der Waals surface area contributed by atoms with E-state index in [0.717, 1.165) is 35.6 Å². The number of pyridine rings is 1. The molecule has 9 nitrogen and oxygen atoms in total. The Labute approximate surface area is 224 Å².